The normalized spacial score (nSPS) is 10.3. The van der Waals surface area contributed by atoms with Crippen molar-refractivity contribution in [2.24, 2.45) is 0 Å². The first-order valence-electron chi connectivity index (χ1n) is 6.80. The highest BCUT2D eigenvalue weighted by atomic mass is 16.5. The van der Waals surface area contributed by atoms with E-state index in [1.165, 1.54) is 0 Å². The second-order valence-electron chi connectivity index (χ2n) is 4.65. The van der Waals surface area contributed by atoms with Gasteiger partial charge in [-0.2, -0.15) is 0 Å². The Kier molecular flexibility index (Phi) is 7.69. The molecule has 0 unspecified atom stereocenters. The molecule has 5 nitrogen and oxygen atoms in total. The third-order valence-corrected chi connectivity index (χ3v) is 2.81. The Bertz CT molecular complexity index is 422. The van der Waals surface area contributed by atoms with Crippen molar-refractivity contribution in [1.29, 1.82) is 0 Å². The van der Waals surface area contributed by atoms with E-state index in [-0.39, 0.29) is 12.5 Å². The maximum Gasteiger partial charge on any atom is 0.257 e. The molecule has 0 saturated carbocycles. The Morgan fingerprint density at radius 3 is 2.75 bits per heavy atom. The van der Waals surface area contributed by atoms with Gasteiger partial charge in [0.05, 0.1) is 6.61 Å². The largest absolute Gasteiger partial charge is 0.483 e. The molecule has 5 heteroatoms. The van der Waals surface area contributed by atoms with Crippen LogP contribution in [0.4, 0.5) is 0 Å². The molecule has 0 aliphatic carbocycles. The Morgan fingerprint density at radius 1 is 1.20 bits per heavy atom. The van der Waals surface area contributed by atoms with Crippen LogP contribution in [0.3, 0.4) is 0 Å². The molecule has 0 aliphatic heterocycles. The number of hydrogen-bond acceptors (Lipinski definition) is 4. The number of aryl methyl sites for hydroxylation is 2. The van der Waals surface area contributed by atoms with E-state index in [0.717, 1.165) is 30.0 Å². The highest BCUT2D eigenvalue weighted by molar-refractivity contribution is 5.77. The topological polar surface area (TPSA) is 59.6 Å². The fourth-order valence-electron chi connectivity index (χ4n) is 1.65. The number of methoxy groups -OCH3 is 1. The van der Waals surface area contributed by atoms with E-state index in [1.54, 1.807) is 7.11 Å². The summed E-state index contributed by atoms with van der Waals surface area (Å²) in [6.45, 7) is 6.76. The first-order chi connectivity index (χ1) is 9.63. The minimum absolute atomic E-state index is 0.0440. The molecular formula is C15H24N2O3. The number of ether oxygens (including phenoxy) is 2. The maximum atomic E-state index is 11.6. The standard InChI is InChI=1S/C15H24N2O3/c1-12-4-5-13(2)14(10-12)20-11-15(18)17-7-6-16-8-9-19-3/h4-5,10,16H,6-9,11H2,1-3H3,(H,17,18). The van der Waals surface area contributed by atoms with Gasteiger partial charge in [-0.25, -0.2) is 0 Å². The SMILES string of the molecule is COCCNCCNC(=O)COc1cc(C)ccc1C. The lowest BCUT2D eigenvalue weighted by Gasteiger charge is -2.10. The molecule has 0 heterocycles. The lowest BCUT2D eigenvalue weighted by Crippen LogP contribution is -2.35. The highest BCUT2D eigenvalue weighted by Crippen LogP contribution is 2.18. The fourth-order valence-corrected chi connectivity index (χ4v) is 1.65. The van der Waals surface area contributed by atoms with Gasteiger partial charge < -0.3 is 20.1 Å². The molecule has 0 aromatic heterocycles. The first kappa shape index (κ1) is 16.5. The predicted octanol–water partition coefficient (Wildman–Crippen LogP) is 1.03. The lowest BCUT2D eigenvalue weighted by atomic mass is 10.1. The lowest BCUT2D eigenvalue weighted by molar-refractivity contribution is -0.123. The van der Waals surface area contributed by atoms with Gasteiger partial charge in [0, 0.05) is 26.7 Å². The van der Waals surface area contributed by atoms with E-state index in [0.29, 0.717) is 13.2 Å². The van der Waals surface area contributed by atoms with Crippen LogP contribution in [0.2, 0.25) is 0 Å². The number of benzene rings is 1. The van der Waals surface area contributed by atoms with E-state index < -0.39 is 0 Å². The van der Waals surface area contributed by atoms with Crippen molar-refractivity contribution in [3.8, 4) is 5.75 Å². The Labute approximate surface area is 120 Å². The summed E-state index contributed by atoms with van der Waals surface area (Å²) in [5, 5.41) is 5.95. The minimum atomic E-state index is -0.112. The van der Waals surface area contributed by atoms with Crippen LogP contribution >= 0.6 is 0 Å². The summed E-state index contributed by atoms with van der Waals surface area (Å²) in [7, 11) is 1.66. The van der Waals surface area contributed by atoms with Crippen LogP contribution in [-0.2, 0) is 9.53 Å². The van der Waals surface area contributed by atoms with Crippen molar-refractivity contribution in [1.82, 2.24) is 10.6 Å². The van der Waals surface area contributed by atoms with E-state index in [2.05, 4.69) is 10.6 Å². The zero-order chi connectivity index (χ0) is 14.8. The predicted molar refractivity (Wildman–Crippen MR) is 79.2 cm³/mol. The zero-order valence-corrected chi connectivity index (χ0v) is 12.5. The molecule has 112 valence electrons. The van der Waals surface area contributed by atoms with Gasteiger partial charge in [-0.15, -0.1) is 0 Å². The second kappa shape index (κ2) is 9.34. The van der Waals surface area contributed by atoms with Gasteiger partial charge in [0.25, 0.3) is 5.91 Å². The molecule has 0 fully saturated rings. The van der Waals surface area contributed by atoms with Crippen molar-refractivity contribution < 1.29 is 14.3 Å². The molecule has 1 rings (SSSR count). The van der Waals surface area contributed by atoms with Crippen molar-refractivity contribution in [3.63, 3.8) is 0 Å². The quantitative estimate of drug-likeness (QED) is 0.663. The van der Waals surface area contributed by atoms with E-state index in [4.69, 9.17) is 9.47 Å². The van der Waals surface area contributed by atoms with Crippen molar-refractivity contribution in [2.45, 2.75) is 13.8 Å². The summed E-state index contributed by atoms with van der Waals surface area (Å²) >= 11 is 0. The van der Waals surface area contributed by atoms with Crippen molar-refractivity contribution >= 4 is 5.91 Å². The zero-order valence-electron chi connectivity index (χ0n) is 12.5. The summed E-state index contributed by atoms with van der Waals surface area (Å²) in [5.41, 5.74) is 2.15. The van der Waals surface area contributed by atoms with E-state index >= 15 is 0 Å². The Morgan fingerprint density at radius 2 is 2.00 bits per heavy atom. The smallest absolute Gasteiger partial charge is 0.257 e. The average Bonchev–Trinajstić information content (AvgIpc) is 2.43. The molecule has 20 heavy (non-hydrogen) atoms. The van der Waals surface area contributed by atoms with Crippen LogP contribution in [-0.4, -0.2) is 45.9 Å². The van der Waals surface area contributed by atoms with Crippen LogP contribution < -0.4 is 15.4 Å². The molecule has 1 amide bonds. The van der Waals surface area contributed by atoms with E-state index in [1.807, 2.05) is 32.0 Å². The van der Waals surface area contributed by atoms with Crippen LogP contribution in [0.1, 0.15) is 11.1 Å². The number of nitrogens with one attached hydrogen (secondary N) is 2. The highest BCUT2D eigenvalue weighted by Gasteiger charge is 2.04. The summed E-state index contributed by atoms with van der Waals surface area (Å²) in [5.74, 6) is 0.651. The van der Waals surface area contributed by atoms with Crippen molar-refractivity contribution in [2.75, 3.05) is 40.0 Å². The summed E-state index contributed by atoms with van der Waals surface area (Å²) in [6.07, 6.45) is 0. The Hall–Kier alpha value is -1.59. The number of rotatable bonds is 9. The minimum Gasteiger partial charge on any atom is -0.483 e. The molecule has 1 aromatic rings. The number of hydrogen-bond donors (Lipinski definition) is 2. The third-order valence-electron chi connectivity index (χ3n) is 2.81. The molecule has 2 N–H and O–H groups in total. The van der Waals surface area contributed by atoms with Crippen LogP contribution in [0.5, 0.6) is 5.75 Å². The molecule has 0 aliphatic rings. The van der Waals surface area contributed by atoms with Crippen LogP contribution in [0, 0.1) is 13.8 Å². The molecule has 1 aromatic carbocycles. The number of amides is 1. The maximum absolute atomic E-state index is 11.6. The molecule has 0 spiro atoms. The first-order valence-corrected chi connectivity index (χ1v) is 6.80. The average molecular weight is 280 g/mol. The van der Waals surface area contributed by atoms with Gasteiger partial charge in [-0.1, -0.05) is 12.1 Å². The van der Waals surface area contributed by atoms with Gasteiger partial charge in [0.15, 0.2) is 6.61 Å². The molecule has 0 saturated heterocycles. The van der Waals surface area contributed by atoms with Crippen molar-refractivity contribution in [3.05, 3.63) is 29.3 Å². The van der Waals surface area contributed by atoms with Gasteiger partial charge in [-0.05, 0) is 31.0 Å². The van der Waals surface area contributed by atoms with Crippen LogP contribution in [0.15, 0.2) is 18.2 Å². The van der Waals surface area contributed by atoms with Gasteiger partial charge >= 0.3 is 0 Å². The number of carbonyl (C=O) groups is 1. The molecule has 0 atom stereocenters. The summed E-state index contributed by atoms with van der Waals surface area (Å²) in [6, 6.07) is 5.95. The Balaban J connectivity index is 2.18. The number of carbonyl (C=O) groups excluding carboxylic acids is 1. The summed E-state index contributed by atoms with van der Waals surface area (Å²) in [4.78, 5) is 11.6. The van der Waals surface area contributed by atoms with Gasteiger partial charge in [0.2, 0.25) is 0 Å². The van der Waals surface area contributed by atoms with Gasteiger partial charge in [0.1, 0.15) is 5.75 Å². The monoisotopic (exact) mass is 280 g/mol. The summed E-state index contributed by atoms with van der Waals surface area (Å²) < 4.78 is 10.4. The van der Waals surface area contributed by atoms with E-state index in [9.17, 15) is 4.79 Å². The third kappa shape index (κ3) is 6.54. The fraction of sp³-hybridized carbons (Fsp3) is 0.533. The second-order valence-corrected chi connectivity index (χ2v) is 4.65. The molecular weight excluding hydrogens is 256 g/mol. The molecule has 0 radical (unpaired) electrons. The van der Waals surface area contributed by atoms with Gasteiger partial charge in [-0.3, -0.25) is 4.79 Å². The van der Waals surface area contributed by atoms with Crippen LogP contribution in [0.25, 0.3) is 0 Å². The molecule has 0 bridgehead atoms.